The van der Waals surface area contributed by atoms with Crippen molar-refractivity contribution in [1.82, 2.24) is 0 Å². The first-order valence-corrected chi connectivity index (χ1v) is 14.9. The molecule has 5 fully saturated rings. The lowest BCUT2D eigenvalue weighted by Crippen LogP contribution is -2.67. The van der Waals surface area contributed by atoms with Crippen LogP contribution in [-0.2, 0) is 9.53 Å². The Bertz CT molecular complexity index is 991. The molecule has 5 rings (SSSR count). The lowest BCUT2D eigenvalue weighted by molar-refractivity contribution is -0.234. The molecule has 0 spiro atoms. The van der Waals surface area contributed by atoms with Gasteiger partial charge >= 0.3 is 5.97 Å². The molecular weight excluding hydrogens is 462 g/mol. The minimum absolute atomic E-state index is 0.0526. The third-order valence-corrected chi connectivity index (χ3v) is 13.8. The number of oxime groups is 1. The smallest absolute Gasteiger partial charge is 0.302 e. The van der Waals surface area contributed by atoms with Crippen molar-refractivity contribution >= 4 is 11.7 Å². The van der Waals surface area contributed by atoms with E-state index in [1.54, 1.807) is 6.92 Å². The molecule has 0 aliphatic heterocycles. The number of esters is 1. The summed E-state index contributed by atoms with van der Waals surface area (Å²) in [6, 6.07) is 0. The SMILES string of the molecule is C=C(C)[C@@H]1CC[C@]2(COC(C)=O)CC[C@]3(C)[C@H](CC[C@@H]4[C@@]5(C)CC/C(=N\O)[C@@](C)(CO)[C@@H]5CC[C@]43C)[C@@H]12. The summed E-state index contributed by atoms with van der Waals surface area (Å²) in [5.74, 6) is 2.44. The van der Waals surface area contributed by atoms with Crippen LogP contribution in [0.4, 0.5) is 0 Å². The molecule has 2 N–H and O–H groups in total. The maximum absolute atomic E-state index is 11.9. The Kier molecular flexibility index (Phi) is 6.49. The lowest BCUT2D eigenvalue weighted by Gasteiger charge is -2.72. The summed E-state index contributed by atoms with van der Waals surface area (Å²) in [6.45, 7) is 18.7. The standard InChI is InChI=1S/C32H51NO4/c1-20(2)22-10-15-32(19-37-21(3)35)17-16-30(6)23(27(22)32)8-9-25-28(4)13-12-26(33-36)29(5,18-34)24(28)11-14-31(25,30)7/h22-25,27,34,36H,1,8-19H2,2-7H3/b33-26+/t22-,23+,24+,25+,27+,28-,29-,30+,31+,32+/m0/s1. The Morgan fingerprint density at radius 2 is 1.70 bits per heavy atom. The van der Waals surface area contributed by atoms with E-state index in [2.05, 4.69) is 46.4 Å². The van der Waals surface area contributed by atoms with E-state index >= 15 is 0 Å². The van der Waals surface area contributed by atoms with Gasteiger partial charge in [-0.25, -0.2) is 0 Å². The van der Waals surface area contributed by atoms with Crippen LogP contribution < -0.4 is 0 Å². The topological polar surface area (TPSA) is 79.1 Å². The normalized spacial score (nSPS) is 52.0. The molecule has 5 aliphatic rings. The van der Waals surface area contributed by atoms with Gasteiger partial charge in [-0.15, -0.1) is 0 Å². The molecule has 0 unspecified atom stereocenters. The van der Waals surface area contributed by atoms with Crippen LogP contribution in [0.25, 0.3) is 0 Å². The fraction of sp³-hybridized carbons (Fsp3) is 0.875. The number of allylic oxidation sites excluding steroid dienone is 1. The van der Waals surface area contributed by atoms with Crippen LogP contribution in [0.5, 0.6) is 0 Å². The molecule has 0 aromatic rings. The predicted molar refractivity (Wildman–Crippen MR) is 146 cm³/mol. The number of fused-ring (bicyclic) bond motifs is 7. The van der Waals surface area contributed by atoms with Gasteiger partial charge in [0, 0.05) is 17.8 Å². The van der Waals surface area contributed by atoms with Crippen molar-refractivity contribution in [3.8, 4) is 0 Å². The molecule has 0 bridgehead atoms. The van der Waals surface area contributed by atoms with Gasteiger partial charge in [0.15, 0.2) is 0 Å². The summed E-state index contributed by atoms with van der Waals surface area (Å²) in [5.41, 5.74) is 2.34. The quantitative estimate of drug-likeness (QED) is 0.183. The maximum atomic E-state index is 11.9. The fourth-order valence-corrected chi connectivity index (χ4v) is 11.8. The van der Waals surface area contributed by atoms with E-state index in [0.717, 1.165) is 37.8 Å². The van der Waals surface area contributed by atoms with Crippen LogP contribution in [0.2, 0.25) is 0 Å². The molecular formula is C32H51NO4. The van der Waals surface area contributed by atoms with Crippen molar-refractivity contribution in [3.05, 3.63) is 12.2 Å². The number of carbonyl (C=O) groups excluding carboxylic acids is 1. The van der Waals surface area contributed by atoms with Gasteiger partial charge in [-0.05, 0) is 117 Å². The molecule has 0 heterocycles. The summed E-state index contributed by atoms with van der Waals surface area (Å²) in [4.78, 5) is 11.9. The summed E-state index contributed by atoms with van der Waals surface area (Å²) < 4.78 is 5.78. The van der Waals surface area contributed by atoms with Crippen LogP contribution >= 0.6 is 0 Å². The van der Waals surface area contributed by atoms with Crippen molar-refractivity contribution in [2.75, 3.05) is 13.2 Å². The van der Waals surface area contributed by atoms with Gasteiger partial charge in [-0.1, -0.05) is 45.0 Å². The highest BCUT2D eigenvalue weighted by atomic mass is 16.5. The summed E-state index contributed by atoms with van der Waals surface area (Å²) in [5, 5.41) is 24.1. The van der Waals surface area contributed by atoms with Gasteiger partial charge in [-0.3, -0.25) is 4.79 Å². The number of rotatable bonds is 4. The van der Waals surface area contributed by atoms with E-state index in [4.69, 9.17) is 4.74 Å². The number of nitrogens with zero attached hydrogens (tertiary/aromatic N) is 1. The Labute approximate surface area is 224 Å². The predicted octanol–water partition coefficient (Wildman–Crippen LogP) is 7.01. The van der Waals surface area contributed by atoms with Crippen LogP contribution in [0.15, 0.2) is 17.3 Å². The zero-order chi connectivity index (χ0) is 27.0. The zero-order valence-corrected chi connectivity index (χ0v) is 24.2. The van der Waals surface area contributed by atoms with Gasteiger partial charge in [-0.2, -0.15) is 0 Å². The number of aliphatic hydroxyl groups is 1. The second-order valence-electron chi connectivity index (χ2n) is 15.0. The highest BCUT2D eigenvalue weighted by molar-refractivity contribution is 5.91. The fourth-order valence-electron chi connectivity index (χ4n) is 11.8. The monoisotopic (exact) mass is 513 g/mol. The van der Waals surface area contributed by atoms with Crippen molar-refractivity contribution in [3.63, 3.8) is 0 Å². The van der Waals surface area contributed by atoms with Crippen molar-refractivity contribution in [2.45, 2.75) is 106 Å². The Hall–Kier alpha value is -1.36. The summed E-state index contributed by atoms with van der Waals surface area (Å²) in [6.07, 6.45) is 11.2. The molecule has 0 saturated heterocycles. The number of carbonyl (C=O) groups is 1. The molecule has 37 heavy (non-hydrogen) atoms. The molecule has 5 heteroatoms. The number of hydrogen-bond acceptors (Lipinski definition) is 5. The van der Waals surface area contributed by atoms with E-state index in [1.807, 2.05) is 0 Å². The minimum Gasteiger partial charge on any atom is -0.465 e. The second kappa shape index (κ2) is 8.83. The maximum Gasteiger partial charge on any atom is 0.302 e. The molecule has 5 aliphatic carbocycles. The van der Waals surface area contributed by atoms with Crippen molar-refractivity contribution in [1.29, 1.82) is 0 Å². The zero-order valence-electron chi connectivity index (χ0n) is 24.2. The molecule has 0 radical (unpaired) electrons. The third-order valence-electron chi connectivity index (χ3n) is 13.8. The molecule has 0 aromatic heterocycles. The van der Waals surface area contributed by atoms with E-state index < -0.39 is 5.41 Å². The lowest BCUT2D eigenvalue weighted by atomic mass is 9.32. The van der Waals surface area contributed by atoms with Crippen LogP contribution in [0.3, 0.4) is 0 Å². The number of ether oxygens (including phenoxy) is 1. The van der Waals surface area contributed by atoms with E-state index in [0.29, 0.717) is 36.2 Å². The highest BCUT2D eigenvalue weighted by Crippen LogP contribution is 2.77. The first-order chi connectivity index (χ1) is 17.3. The summed E-state index contributed by atoms with van der Waals surface area (Å²) >= 11 is 0. The van der Waals surface area contributed by atoms with E-state index in [9.17, 15) is 15.1 Å². The molecule has 0 aromatic carbocycles. The highest BCUT2D eigenvalue weighted by Gasteiger charge is 2.71. The van der Waals surface area contributed by atoms with Gasteiger partial charge in [0.05, 0.1) is 18.9 Å². The second-order valence-corrected chi connectivity index (χ2v) is 15.0. The van der Waals surface area contributed by atoms with E-state index in [-0.39, 0.29) is 34.2 Å². The summed E-state index contributed by atoms with van der Waals surface area (Å²) in [7, 11) is 0. The molecule has 5 nitrogen and oxygen atoms in total. The van der Waals surface area contributed by atoms with Gasteiger partial charge in [0.2, 0.25) is 0 Å². The largest absolute Gasteiger partial charge is 0.465 e. The molecule has 0 amide bonds. The van der Waals surface area contributed by atoms with E-state index in [1.165, 1.54) is 37.7 Å². The molecule has 208 valence electrons. The first kappa shape index (κ1) is 27.2. The Morgan fingerprint density at radius 3 is 2.32 bits per heavy atom. The first-order valence-electron chi connectivity index (χ1n) is 14.9. The average Bonchev–Trinajstić information content (AvgIpc) is 3.23. The Balaban J connectivity index is 1.53. The number of hydrogen-bond donors (Lipinski definition) is 2. The Morgan fingerprint density at radius 1 is 0.973 bits per heavy atom. The van der Waals surface area contributed by atoms with Crippen LogP contribution in [-0.4, -0.2) is 35.2 Å². The van der Waals surface area contributed by atoms with Gasteiger partial charge < -0.3 is 15.1 Å². The van der Waals surface area contributed by atoms with Crippen LogP contribution in [0.1, 0.15) is 106 Å². The van der Waals surface area contributed by atoms with Crippen LogP contribution in [0, 0.1) is 56.7 Å². The van der Waals surface area contributed by atoms with Crippen molar-refractivity contribution in [2.24, 2.45) is 61.8 Å². The third kappa shape index (κ3) is 3.50. The minimum atomic E-state index is -0.441. The van der Waals surface area contributed by atoms with Gasteiger partial charge in [0.1, 0.15) is 0 Å². The average molecular weight is 514 g/mol. The number of aliphatic hydroxyl groups excluding tert-OH is 1. The molecule has 5 saturated carbocycles. The van der Waals surface area contributed by atoms with Gasteiger partial charge in [0.25, 0.3) is 0 Å². The van der Waals surface area contributed by atoms with Crippen molar-refractivity contribution < 1.29 is 19.8 Å². The molecule has 10 atom stereocenters.